The Kier molecular flexibility index (Phi) is 4.54. The highest BCUT2D eigenvalue weighted by molar-refractivity contribution is 4.99. The average molecular weight is 237 g/mol. The average Bonchev–Trinajstić information content (AvgIpc) is 2.79. The van der Waals surface area contributed by atoms with Crippen LogP contribution in [0.4, 0.5) is 0 Å². The van der Waals surface area contributed by atoms with Crippen molar-refractivity contribution >= 4 is 0 Å². The molecule has 0 saturated heterocycles. The quantitative estimate of drug-likeness (QED) is 0.856. The van der Waals surface area contributed by atoms with Gasteiger partial charge in [0.2, 0.25) is 0 Å². The fourth-order valence-corrected chi connectivity index (χ4v) is 2.77. The van der Waals surface area contributed by atoms with Crippen molar-refractivity contribution < 1.29 is 5.11 Å². The highest BCUT2D eigenvalue weighted by Crippen LogP contribution is 2.31. The number of nitrogens with zero attached hydrogens (tertiary/aromatic N) is 3. The zero-order valence-electron chi connectivity index (χ0n) is 10.7. The predicted molar refractivity (Wildman–Crippen MR) is 66.5 cm³/mol. The molecular weight excluding hydrogens is 214 g/mol. The number of hydrogen-bond acceptors (Lipinski definition) is 3. The lowest BCUT2D eigenvalue weighted by Gasteiger charge is -2.24. The monoisotopic (exact) mass is 237 g/mol. The molecule has 1 aromatic heterocycles. The van der Waals surface area contributed by atoms with Crippen molar-refractivity contribution in [3.05, 3.63) is 11.9 Å². The van der Waals surface area contributed by atoms with E-state index in [1.54, 1.807) is 6.20 Å². The molecule has 4 heteroatoms. The maximum atomic E-state index is 10.3. The van der Waals surface area contributed by atoms with Crippen LogP contribution in [-0.2, 0) is 6.54 Å². The van der Waals surface area contributed by atoms with Gasteiger partial charge in [0, 0.05) is 6.54 Å². The first kappa shape index (κ1) is 12.6. The molecule has 0 amide bonds. The molecule has 1 aliphatic carbocycles. The van der Waals surface area contributed by atoms with Crippen LogP contribution in [-0.4, -0.2) is 20.1 Å². The Morgan fingerprint density at radius 1 is 1.41 bits per heavy atom. The number of aliphatic hydroxyl groups is 1. The van der Waals surface area contributed by atoms with E-state index in [-0.39, 0.29) is 6.10 Å². The maximum absolute atomic E-state index is 10.3. The number of aliphatic hydroxyl groups excluding tert-OH is 1. The van der Waals surface area contributed by atoms with Crippen molar-refractivity contribution in [1.29, 1.82) is 0 Å². The first-order valence-corrected chi connectivity index (χ1v) is 6.87. The van der Waals surface area contributed by atoms with Crippen molar-refractivity contribution in [1.82, 2.24) is 15.0 Å². The van der Waals surface area contributed by atoms with Gasteiger partial charge in [-0.3, -0.25) is 0 Å². The van der Waals surface area contributed by atoms with Crippen LogP contribution in [0, 0.1) is 5.92 Å². The molecule has 1 aliphatic rings. The van der Waals surface area contributed by atoms with E-state index in [1.165, 1.54) is 32.1 Å². The van der Waals surface area contributed by atoms with Crippen LogP contribution < -0.4 is 0 Å². The minimum atomic E-state index is -0.389. The van der Waals surface area contributed by atoms with Gasteiger partial charge in [-0.2, -0.15) is 0 Å². The zero-order chi connectivity index (χ0) is 12.1. The van der Waals surface area contributed by atoms with E-state index >= 15 is 0 Å². The molecule has 96 valence electrons. The summed E-state index contributed by atoms with van der Waals surface area (Å²) in [6, 6.07) is 0. The van der Waals surface area contributed by atoms with Gasteiger partial charge in [-0.05, 0) is 18.8 Å². The van der Waals surface area contributed by atoms with Crippen LogP contribution in [0.3, 0.4) is 0 Å². The Hall–Kier alpha value is -0.900. The Balaban J connectivity index is 1.93. The van der Waals surface area contributed by atoms with Crippen LogP contribution >= 0.6 is 0 Å². The number of hydrogen-bond donors (Lipinski definition) is 1. The van der Waals surface area contributed by atoms with Crippen LogP contribution in [0.1, 0.15) is 63.7 Å². The van der Waals surface area contributed by atoms with E-state index in [1.807, 2.05) is 4.68 Å². The summed E-state index contributed by atoms with van der Waals surface area (Å²) in [5.41, 5.74) is 0.887. The molecule has 1 unspecified atom stereocenters. The van der Waals surface area contributed by atoms with Crippen molar-refractivity contribution in [2.24, 2.45) is 5.92 Å². The van der Waals surface area contributed by atoms with Gasteiger partial charge >= 0.3 is 0 Å². The van der Waals surface area contributed by atoms with E-state index in [0.717, 1.165) is 25.1 Å². The fourth-order valence-electron chi connectivity index (χ4n) is 2.77. The van der Waals surface area contributed by atoms with Gasteiger partial charge < -0.3 is 5.11 Å². The summed E-state index contributed by atoms with van der Waals surface area (Å²) in [5.74, 6) is 0.684. The minimum absolute atomic E-state index is 0.389. The smallest absolute Gasteiger partial charge is 0.0975 e. The summed E-state index contributed by atoms with van der Waals surface area (Å²) in [5, 5.41) is 18.2. The molecule has 1 fully saturated rings. The summed E-state index contributed by atoms with van der Waals surface area (Å²) in [6.45, 7) is 2.95. The van der Waals surface area contributed by atoms with Crippen LogP contribution in [0.5, 0.6) is 0 Å². The zero-order valence-corrected chi connectivity index (χ0v) is 10.7. The number of aryl methyl sites for hydroxylation is 1. The first-order chi connectivity index (χ1) is 8.31. The lowest BCUT2D eigenvalue weighted by Crippen LogP contribution is -2.14. The van der Waals surface area contributed by atoms with E-state index in [9.17, 15) is 5.11 Å². The van der Waals surface area contributed by atoms with Crippen LogP contribution in [0.25, 0.3) is 0 Å². The maximum Gasteiger partial charge on any atom is 0.0975 e. The van der Waals surface area contributed by atoms with Gasteiger partial charge in [0.05, 0.1) is 18.0 Å². The third-order valence-electron chi connectivity index (χ3n) is 3.71. The Bertz CT molecular complexity index is 331. The summed E-state index contributed by atoms with van der Waals surface area (Å²) in [7, 11) is 0. The molecular formula is C13H23N3O. The number of rotatable bonds is 5. The van der Waals surface area contributed by atoms with Crippen molar-refractivity contribution in [2.45, 2.75) is 64.5 Å². The third kappa shape index (κ3) is 3.28. The number of aromatic nitrogens is 3. The normalized spacial score (nSPS) is 19.4. The second-order valence-electron chi connectivity index (χ2n) is 5.14. The second-order valence-corrected chi connectivity index (χ2v) is 5.14. The van der Waals surface area contributed by atoms with Crippen molar-refractivity contribution in [3.8, 4) is 0 Å². The van der Waals surface area contributed by atoms with Crippen LogP contribution in [0.2, 0.25) is 0 Å². The van der Waals surface area contributed by atoms with Crippen molar-refractivity contribution in [2.75, 3.05) is 0 Å². The molecule has 0 radical (unpaired) electrons. The van der Waals surface area contributed by atoms with E-state index < -0.39 is 0 Å². The van der Waals surface area contributed by atoms with Gasteiger partial charge in [-0.25, -0.2) is 4.68 Å². The van der Waals surface area contributed by atoms with Crippen molar-refractivity contribution in [3.63, 3.8) is 0 Å². The van der Waals surface area contributed by atoms with Gasteiger partial charge in [0.25, 0.3) is 0 Å². The third-order valence-corrected chi connectivity index (χ3v) is 3.71. The van der Waals surface area contributed by atoms with Gasteiger partial charge in [-0.15, -0.1) is 5.10 Å². The topological polar surface area (TPSA) is 50.9 Å². The molecule has 2 rings (SSSR count). The van der Waals surface area contributed by atoms with Crippen LogP contribution in [0.15, 0.2) is 6.20 Å². The van der Waals surface area contributed by atoms with E-state index in [2.05, 4.69) is 17.2 Å². The fraction of sp³-hybridized carbons (Fsp3) is 0.846. The molecule has 4 nitrogen and oxygen atoms in total. The highest BCUT2D eigenvalue weighted by Gasteiger charge is 2.21. The molecule has 0 aliphatic heterocycles. The summed E-state index contributed by atoms with van der Waals surface area (Å²) >= 11 is 0. The SMILES string of the molecule is CCCn1nncc1C(O)CC1CCCCC1. The Labute approximate surface area is 103 Å². The molecule has 1 atom stereocenters. The molecule has 1 N–H and O–H groups in total. The van der Waals surface area contributed by atoms with Gasteiger partial charge in [-0.1, -0.05) is 44.2 Å². The van der Waals surface area contributed by atoms with Gasteiger partial charge in [0.15, 0.2) is 0 Å². The second kappa shape index (κ2) is 6.15. The lowest BCUT2D eigenvalue weighted by atomic mass is 9.85. The Morgan fingerprint density at radius 3 is 2.88 bits per heavy atom. The summed E-state index contributed by atoms with van der Waals surface area (Å²) in [6.07, 6.45) is 9.76. The largest absolute Gasteiger partial charge is 0.387 e. The molecule has 1 heterocycles. The van der Waals surface area contributed by atoms with Gasteiger partial charge in [0.1, 0.15) is 0 Å². The van der Waals surface area contributed by atoms with E-state index in [0.29, 0.717) is 5.92 Å². The molecule has 1 aromatic rings. The highest BCUT2D eigenvalue weighted by atomic mass is 16.3. The molecule has 1 saturated carbocycles. The standard InChI is InChI=1S/C13H23N3O/c1-2-8-16-12(10-14-15-16)13(17)9-11-6-4-3-5-7-11/h10-11,13,17H,2-9H2,1H3. The summed E-state index contributed by atoms with van der Waals surface area (Å²) in [4.78, 5) is 0. The molecule has 17 heavy (non-hydrogen) atoms. The summed E-state index contributed by atoms with van der Waals surface area (Å²) < 4.78 is 1.84. The Morgan fingerprint density at radius 2 is 2.18 bits per heavy atom. The van der Waals surface area contributed by atoms with E-state index in [4.69, 9.17) is 0 Å². The first-order valence-electron chi connectivity index (χ1n) is 6.87. The molecule has 0 bridgehead atoms. The minimum Gasteiger partial charge on any atom is -0.387 e. The lowest BCUT2D eigenvalue weighted by molar-refractivity contribution is 0.122. The predicted octanol–water partition coefficient (Wildman–Crippen LogP) is 2.69. The molecule has 0 aromatic carbocycles. The molecule has 0 spiro atoms.